The van der Waals surface area contributed by atoms with E-state index >= 15 is 0 Å². The number of carbonyl (C=O) groups excluding carboxylic acids is 2. The van der Waals surface area contributed by atoms with Crippen LogP contribution in [0.2, 0.25) is 0 Å². The van der Waals surface area contributed by atoms with Gasteiger partial charge in [0.15, 0.2) is 0 Å². The maximum absolute atomic E-state index is 13.6. The second-order valence-electron chi connectivity index (χ2n) is 11.0. The van der Waals surface area contributed by atoms with Crippen LogP contribution in [0.5, 0.6) is 0 Å². The lowest BCUT2D eigenvalue weighted by molar-refractivity contribution is -0.160. The average Bonchev–Trinajstić information content (AvgIpc) is 3.15. The number of fused-ring (bicyclic) bond motifs is 1. The first-order valence-electron chi connectivity index (χ1n) is 12.2. The van der Waals surface area contributed by atoms with Crippen molar-refractivity contribution in [2.45, 2.75) is 63.7 Å². The highest BCUT2D eigenvalue weighted by Crippen LogP contribution is 2.60. The molecule has 1 aliphatic heterocycles. The third-order valence-electron chi connectivity index (χ3n) is 9.09. The summed E-state index contributed by atoms with van der Waals surface area (Å²) < 4.78 is 0. The number of aryl methyl sites for hydroxylation is 1. The first-order chi connectivity index (χ1) is 14.6. The van der Waals surface area contributed by atoms with Gasteiger partial charge in [-0.05, 0) is 86.2 Å². The first kappa shape index (κ1) is 18.9. The van der Waals surface area contributed by atoms with Gasteiger partial charge in [-0.15, -0.1) is 0 Å². The number of nitrogens with zero attached hydrogens (tertiary/aromatic N) is 2. The van der Waals surface area contributed by atoms with E-state index in [-0.39, 0.29) is 11.3 Å². The Labute approximate surface area is 180 Å². The van der Waals surface area contributed by atoms with E-state index in [1.807, 2.05) is 4.90 Å². The van der Waals surface area contributed by atoms with Crippen molar-refractivity contribution in [1.82, 2.24) is 9.80 Å². The number of amides is 2. The molecule has 4 saturated carbocycles. The molecule has 160 valence electrons. The highest BCUT2D eigenvalue weighted by atomic mass is 16.2. The molecule has 4 heteroatoms. The Morgan fingerprint density at radius 2 is 1.47 bits per heavy atom. The summed E-state index contributed by atoms with van der Waals surface area (Å²) in [7, 11) is 0. The Bertz CT molecular complexity index is 819. The van der Waals surface area contributed by atoms with Crippen molar-refractivity contribution >= 4 is 11.8 Å². The Balaban J connectivity index is 1.06. The lowest BCUT2D eigenvalue weighted by Crippen LogP contribution is -2.58. The summed E-state index contributed by atoms with van der Waals surface area (Å²) in [6.45, 7) is 2.89. The topological polar surface area (TPSA) is 40.6 Å². The first-order valence-corrected chi connectivity index (χ1v) is 12.2. The molecule has 7 rings (SSSR count). The van der Waals surface area contributed by atoms with Crippen molar-refractivity contribution in [1.29, 1.82) is 0 Å². The molecule has 4 nitrogen and oxygen atoms in total. The molecule has 30 heavy (non-hydrogen) atoms. The highest BCUT2D eigenvalue weighted by Gasteiger charge is 2.55. The molecule has 1 aromatic carbocycles. The highest BCUT2D eigenvalue weighted by molar-refractivity contribution is 5.84. The summed E-state index contributed by atoms with van der Waals surface area (Å²) in [5.74, 6) is 3.49. The van der Waals surface area contributed by atoms with Crippen molar-refractivity contribution in [2.24, 2.45) is 23.2 Å². The minimum absolute atomic E-state index is 0.0471. The van der Waals surface area contributed by atoms with Crippen molar-refractivity contribution < 1.29 is 9.59 Å². The van der Waals surface area contributed by atoms with Gasteiger partial charge in [0, 0.05) is 32.6 Å². The van der Waals surface area contributed by atoms with Crippen LogP contribution in [0.15, 0.2) is 24.3 Å². The predicted molar refractivity (Wildman–Crippen MR) is 116 cm³/mol. The average molecular weight is 407 g/mol. The summed E-state index contributed by atoms with van der Waals surface area (Å²) in [4.78, 5) is 30.7. The van der Waals surface area contributed by atoms with Crippen LogP contribution in [0, 0.1) is 23.2 Å². The second-order valence-corrected chi connectivity index (χ2v) is 11.0. The molecule has 2 amide bonds. The fourth-order valence-electron chi connectivity index (χ4n) is 8.06. The zero-order valence-electron chi connectivity index (χ0n) is 18.0. The molecule has 5 aliphatic carbocycles. The lowest BCUT2D eigenvalue weighted by Gasteiger charge is -2.57. The summed E-state index contributed by atoms with van der Waals surface area (Å²) >= 11 is 0. The van der Waals surface area contributed by atoms with E-state index in [0.717, 1.165) is 62.9 Å². The van der Waals surface area contributed by atoms with Crippen molar-refractivity contribution in [2.75, 3.05) is 26.2 Å². The fourth-order valence-corrected chi connectivity index (χ4v) is 8.06. The van der Waals surface area contributed by atoms with Gasteiger partial charge in [-0.1, -0.05) is 24.3 Å². The van der Waals surface area contributed by atoms with Gasteiger partial charge in [0.1, 0.15) is 0 Å². The van der Waals surface area contributed by atoms with E-state index in [2.05, 4.69) is 29.2 Å². The zero-order chi connectivity index (χ0) is 20.3. The Morgan fingerprint density at radius 3 is 2.13 bits per heavy atom. The monoisotopic (exact) mass is 406 g/mol. The van der Waals surface area contributed by atoms with E-state index in [0.29, 0.717) is 31.3 Å². The number of benzene rings is 1. The minimum atomic E-state index is -0.0471. The molecule has 1 atom stereocenters. The standard InChI is InChI=1S/C26H34N2O2/c29-24(14-22-6-5-21-3-1-2-4-23(21)22)27-7-9-28(10-8-27)25(30)26-15-18-11-19(16-26)13-20(12-18)17-26/h1-4,18-20,22H,5-17H2. The van der Waals surface area contributed by atoms with Crippen LogP contribution in [0.25, 0.3) is 0 Å². The molecule has 1 saturated heterocycles. The van der Waals surface area contributed by atoms with E-state index in [1.54, 1.807) is 0 Å². The minimum Gasteiger partial charge on any atom is -0.339 e. The molecule has 5 fully saturated rings. The molecule has 0 spiro atoms. The van der Waals surface area contributed by atoms with Crippen molar-refractivity contribution in [3.63, 3.8) is 0 Å². The summed E-state index contributed by atoms with van der Waals surface area (Å²) in [6, 6.07) is 8.59. The quantitative estimate of drug-likeness (QED) is 0.761. The van der Waals surface area contributed by atoms with Crippen molar-refractivity contribution in [3.05, 3.63) is 35.4 Å². The number of hydrogen-bond acceptors (Lipinski definition) is 2. The zero-order valence-corrected chi connectivity index (χ0v) is 18.0. The summed E-state index contributed by atoms with van der Waals surface area (Å²) in [6.07, 6.45) is 10.3. The molecule has 0 radical (unpaired) electrons. The van der Waals surface area contributed by atoms with Gasteiger partial charge in [0.25, 0.3) is 0 Å². The van der Waals surface area contributed by atoms with E-state index in [1.165, 1.54) is 30.4 Å². The van der Waals surface area contributed by atoms with Crippen LogP contribution in [0.4, 0.5) is 0 Å². The van der Waals surface area contributed by atoms with E-state index in [9.17, 15) is 9.59 Å². The number of carbonyl (C=O) groups is 2. The van der Waals surface area contributed by atoms with Gasteiger partial charge in [-0.3, -0.25) is 9.59 Å². The Morgan fingerprint density at radius 1 is 0.867 bits per heavy atom. The molecule has 0 aromatic heterocycles. The number of piperazine rings is 1. The molecular weight excluding hydrogens is 372 g/mol. The fraction of sp³-hybridized carbons (Fsp3) is 0.692. The van der Waals surface area contributed by atoms with Crippen molar-refractivity contribution in [3.8, 4) is 0 Å². The van der Waals surface area contributed by atoms with Crippen LogP contribution in [-0.2, 0) is 16.0 Å². The van der Waals surface area contributed by atoms with Gasteiger partial charge in [0.05, 0.1) is 5.41 Å². The third kappa shape index (κ3) is 3.09. The largest absolute Gasteiger partial charge is 0.339 e. The maximum atomic E-state index is 13.6. The SMILES string of the molecule is O=C(CC1CCc2ccccc21)N1CCN(C(=O)C23CC4CC(CC(C4)C2)C3)CC1. The molecule has 1 aromatic rings. The maximum Gasteiger partial charge on any atom is 0.228 e. The Hall–Kier alpha value is -1.84. The van der Waals surface area contributed by atoms with Crippen LogP contribution >= 0.6 is 0 Å². The Kier molecular flexibility index (Phi) is 4.47. The van der Waals surface area contributed by atoms with Gasteiger partial charge < -0.3 is 9.80 Å². The molecule has 1 unspecified atom stereocenters. The second kappa shape index (κ2) is 7.10. The molecule has 4 bridgehead atoms. The van der Waals surface area contributed by atoms with Gasteiger partial charge in [-0.2, -0.15) is 0 Å². The van der Waals surface area contributed by atoms with Crippen LogP contribution in [0.1, 0.15) is 68.4 Å². The van der Waals surface area contributed by atoms with Crippen LogP contribution in [0.3, 0.4) is 0 Å². The smallest absolute Gasteiger partial charge is 0.228 e. The predicted octanol–water partition coefficient (Wildman–Crippen LogP) is 3.99. The molecular formula is C26H34N2O2. The third-order valence-corrected chi connectivity index (χ3v) is 9.09. The molecule has 6 aliphatic rings. The summed E-state index contributed by atoms with van der Waals surface area (Å²) in [5.41, 5.74) is 2.75. The van der Waals surface area contributed by atoms with Gasteiger partial charge in [0.2, 0.25) is 11.8 Å². The van der Waals surface area contributed by atoms with Gasteiger partial charge in [-0.25, -0.2) is 0 Å². The van der Waals surface area contributed by atoms with E-state index in [4.69, 9.17) is 0 Å². The number of hydrogen-bond donors (Lipinski definition) is 0. The van der Waals surface area contributed by atoms with E-state index < -0.39 is 0 Å². The molecule has 0 N–H and O–H groups in total. The van der Waals surface area contributed by atoms with Crippen LogP contribution < -0.4 is 0 Å². The van der Waals surface area contributed by atoms with Crippen LogP contribution in [-0.4, -0.2) is 47.8 Å². The van der Waals surface area contributed by atoms with Gasteiger partial charge >= 0.3 is 0 Å². The molecule has 1 heterocycles. The normalized spacial score (nSPS) is 36.8. The number of rotatable bonds is 3. The summed E-state index contributed by atoms with van der Waals surface area (Å²) in [5, 5.41) is 0. The lowest BCUT2D eigenvalue weighted by atomic mass is 9.49.